The fraction of sp³-hybridized carbons (Fsp3) is 0.900. The van der Waals surface area contributed by atoms with E-state index in [1.54, 1.807) is 0 Å². The summed E-state index contributed by atoms with van der Waals surface area (Å²) in [5.41, 5.74) is 0. The minimum atomic E-state index is -0.594. The number of hydrogen-bond acceptors (Lipinski definition) is 10. The molecule has 0 bridgehead atoms. The molecule has 182 valence electrons. The molecular formula is C20H38O10Rf-2. The Labute approximate surface area is 179 Å². The Hall–Kier alpha value is -1.40. The van der Waals surface area contributed by atoms with Gasteiger partial charge in [-0.2, -0.15) is 0 Å². The predicted molar refractivity (Wildman–Crippen MR) is 107 cm³/mol. The first-order chi connectivity index (χ1) is 14.7. The Kier molecular flexibility index (Phi) is 19.6. The van der Waals surface area contributed by atoms with E-state index in [9.17, 15) is 10.2 Å². The molecule has 0 aliphatic carbocycles. The van der Waals surface area contributed by atoms with Crippen molar-refractivity contribution in [2.45, 2.75) is 37.3 Å². The molecule has 11 heteroatoms. The number of ether oxygens (including phenoxy) is 8. The topological polar surface area (TPSA) is 121 Å². The van der Waals surface area contributed by atoms with Crippen molar-refractivity contribution in [1.82, 2.24) is 0 Å². The van der Waals surface area contributed by atoms with E-state index in [2.05, 4.69) is 23.7 Å². The third-order valence-electron chi connectivity index (χ3n) is 3.81. The molecule has 0 amide bonds. The van der Waals surface area contributed by atoms with E-state index in [0.717, 1.165) is 26.1 Å². The molecule has 0 aromatic rings. The van der Waals surface area contributed by atoms with Crippen LogP contribution in [0, 0.1) is 14.2 Å². The van der Waals surface area contributed by atoms with Crippen LogP contribution >= 0.6 is 0 Å². The van der Waals surface area contributed by atoms with E-state index in [-0.39, 0.29) is 26.4 Å². The second kappa shape index (κ2) is 20.5. The number of epoxide rings is 2. The summed E-state index contributed by atoms with van der Waals surface area (Å²) in [6.45, 7) is 6.48. The Balaban J connectivity index is 0.000000562. The quantitative estimate of drug-likeness (QED) is 0.102. The van der Waals surface area contributed by atoms with Gasteiger partial charge in [0.1, 0.15) is 12.2 Å². The summed E-state index contributed by atoms with van der Waals surface area (Å²) in [7, 11) is 6.34. The summed E-state index contributed by atoms with van der Waals surface area (Å²) < 4.78 is 40.0. The van der Waals surface area contributed by atoms with Crippen molar-refractivity contribution in [3.8, 4) is 0 Å². The smallest absolute Gasteiger partial charge is 0.104 e. The Bertz CT molecular complexity index is 338. The molecule has 0 radical (unpaired) electrons. The summed E-state index contributed by atoms with van der Waals surface area (Å²) in [5, 5.41) is 18.4. The Morgan fingerprint density at radius 3 is 1.35 bits per heavy atom. The molecule has 2 aliphatic rings. The summed E-state index contributed by atoms with van der Waals surface area (Å²) in [6.07, 6.45) is 1.10. The van der Waals surface area contributed by atoms with Crippen LogP contribution < -0.4 is 0 Å². The van der Waals surface area contributed by atoms with E-state index < -0.39 is 12.2 Å². The van der Waals surface area contributed by atoms with E-state index >= 15 is 0 Å². The van der Waals surface area contributed by atoms with E-state index in [0.29, 0.717) is 51.8 Å². The average molecular weight is 706 g/mol. The van der Waals surface area contributed by atoms with Gasteiger partial charge in [0.05, 0.1) is 51.8 Å². The Morgan fingerprint density at radius 1 is 0.677 bits per heavy atom. The van der Waals surface area contributed by atoms with Gasteiger partial charge in [0.15, 0.2) is 0 Å². The first-order valence-electron chi connectivity index (χ1n) is 10.3. The minimum Gasteiger partial charge on any atom is -0.553 e. The van der Waals surface area contributed by atoms with Crippen molar-refractivity contribution in [3.63, 3.8) is 0 Å². The van der Waals surface area contributed by atoms with Crippen LogP contribution in [0.5, 0.6) is 0 Å². The molecule has 10 nitrogen and oxygen atoms in total. The number of rotatable bonds is 20. The predicted octanol–water partition coefficient (Wildman–Crippen LogP) is -0.0448. The third kappa shape index (κ3) is 21.6. The molecule has 0 spiro atoms. The van der Waals surface area contributed by atoms with Crippen molar-refractivity contribution < 1.29 is 48.1 Å². The summed E-state index contributed by atoms with van der Waals surface area (Å²) in [5.74, 6) is 0. The normalized spacial score (nSPS) is 20.9. The van der Waals surface area contributed by atoms with Crippen LogP contribution in [0.15, 0.2) is 0 Å². The van der Waals surface area contributed by atoms with Gasteiger partial charge in [-0.15, -0.1) is 0 Å². The van der Waals surface area contributed by atoms with Gasteiger partial charge in [-0.1, -0.05) is 0 Å². The first kappa shape index (κ1) is 29.6. The van der Waals surface area contributed by atoms with Gasteiger partial charge in [0.2, 0.25) is 0 Å². The maximum Gasteiger partial charge on any atom is 0.104 e. The molecule has 2 saturated heterocycles. The molecular weight excluding hydrogens is 667 g/mol. The monoisotopic (exact) mass is 705 g/mol. The molecule has 0 aromatic heterocycles. The van der Waals surface area contributed by atoms with Gasteiger partial charge in [-0.05, 0) is 12.8 Å². The van der Waals surface area contributed by atoms with Gasteiger partial charge in [0, 0.05) is 39.6 Å². The van der Waals surface area contributed by atoms with E-state index in [1.165, 1.54) is 0 Å². The van der Waals surface area contributed by atoms with Crippen molar-refractivity contribution in [3.05, 3.63) is 14.2 Å². The van der Waals surface area contributed by atoms with E-state index in [4.69, 9.17) is 28.4 Å². The molecule has 31 heavy (non-hydrogen) atoms. The Morgan fingerprint density at radius 2 is 1.03 bits per heavy atom. The summed E-state index contributed by atoms with van der Waals surface area (Å²) >= 11 is 0. The van der Waals surface area contributed by atoms with Gasteiger partial charge >= 0.3 is 0 Å². The average Bonchev–Trinajstić information content (AvgIpc) is 3.62. The van der Waals surface area contributed by atoms with Crippen LogP contribution in [0.25, 0.3) is 0 Å². The maximum atomic E-state index is 9.20. The molecule has 0 saturated carbocycles. The van der Waals surface area contributed by atoms with Gasteiger partial charge in [0.25, 0.3) is 0 Å². The minimum absolute atomic E-state index is 0. The molecule has 2 fully saturated rings. The van der Waals surface area contributed by atoms with Gasteiger partial charge in [-0.25, -0.2) is 14.2 Å². The van der Waals surface area contributed by atoms with Crippen LogP contribution in [0.3, 0.4) is 0 Å². The maximum absolute atomic E-state index is 9.20. The molecule has 2 N–H and O–H groups in total. The second-order valence-electron chi connectivity index (χ2n) is 6.97. The van der Waals surface area contributed by atoms with Crippen LogP contribution in [0.2, 0.25) is 0 Å². The SMILES string of the molecule is [CH2-]OCC(O)COCCCOCC1CO1.[CH2-]OCC(O)COCCCOCC1CO1.[Rf]. The largest absolute Gasteiger partial charge is 0.553 e. The van der Waals surface area contributed by atoms with Crippen LogP contribution in [0.4, 0.5) is 0 Å². The number of hydrogen-bond donors (Lipinski definition) is 2. The van der Waals surface area contributed by atoms with Gasteiger partial charge < -0.3 is 48.1 Å². The van der Waals surface area contributed by atoms with Crippen molar-refractivity contribution in [2.75, 3.05) is 79.3 Å². The fourth-order valence-corrected chi connectivity index (χ4v) is 2.09. The summed E-state index contributed by atoms with van der Waals surface area (Å²) in [6, 6.07) is 0. The molecule has 0 aromatic carbocycles. The first-order valence-corrected chi connectivity index (χ1v) is 10.3. The zero-order valence-electron chi connectivity index (χ0n) is 18.5. The number of aliphatic hydroxyl groups is 2. The second-order valence-corrected chi connectivity index (χ2v) is 6.97. The molecule has 2 aliphatic heterocycles. The molecule has 4 atom stereocenters. The summed E-state index contributed by atoms with van der Waals surface area (Å²) in [4.78, 5) is 0. The molecule has 4 unspecified atom stereocenters. The van der Waals surface area contributed by atoms with Gasteiger partial charge in [-0.3, -0.25) is 0 Å². The third-order valence-corrected chi connectivity index (χ3v) is 3.81. The van der Waals surface area contributed by atoms with Crippen molar-refractivity contribution in [1.29, 1.82) is 0 Å². The standard InChI is InChI=1S/2C10H19O5.Rf/c2*1-12-5-9(11)6-13-3-2-4-14-7-10-8-15-10;/h2*9-11H,1-8H2;/q2*-1;. The van der Waals surface area contributed by atoms with Crippen molar-refractivity contribution in [2.24, 2.45) is 0 Å². The van der Waals surface area contributed by atoms with E-state index in [1.807, 2.05) is 0 Å². The molecule has 2 rings (SSSR count). The van der Waals surface area contributed by atoms with Crippen LogP contribution in [-0.2, 0) is 37.9 Å². The number of aliphatic hydroxyl groups excluding tert-OH is 2. The zero-order valence-corrected chi connectivity index (χ0v) is 24.9. The molecule has 2 heterocycles. The fourth-order valence-electron chi connectivity index (χ4n) is 2.09. The van der Waals surface area contributed by atoms with Crippen LogP contribution in [-0.4, -0.2) is 114 Å². The van der Waals surface area contributed by atoms with Crippen molar-refractivity contribution >= 4 is 0 Å². The zero-order chi connectivity index (χ0) is 21.9. The van der Waals surface area contributed by atoms with Crippen LogP contribution in [0.1, 0.15) is 12.8 Å².